The van der Waals surface area contributed by atoms with Crippen LogP contribution >= 0.6 is 22.7 Å². The number of hydrogen-bond donors (Lipinski definition) is 1. The molecule has 28 heavy (non-hydrogen) atoms. The van der Waals surface area contributed by atoms with Gasteiger partial charge in [0.05, 0.1) is 9.88 Å². The summed E-state index contributed by atoms with van der Waals surface area (Å²) in [5, 5.41) is 5.65. The lowest BCUT2D eigenvalue weighted by atomic mass is 10.1. The quantitative estimate of drug-likeness (QED) is 0.548. The molecular formula is C20H18N4O2S2. The Morgan fingerprint density at radius 1 is 1.18 bits per heavy atom. The zero-order valence-electron chi connectivity index (χ0n) is 15.6. The van der Waals surface area contributed by atoms with E-state index in [-0.39, 0.29) is 12.5 Å². The van der Waals surface area contributed by atoms with Gasteiger partial charge in [0.15, 0.2) is 0 Å². The molecule has 1 aromatic carbocycles. The Morgan fingerprint density at radius 2 is 2.00 bits per heavy atom. The second-order valence-electron chi connectivity index (χ2n) is 6.56. The van der Waals surface area contributed by atoms with Crippen molar-refractivity contribution in [3.63, 3.8) is 0 Å². The van der Waals surface area contributed by atoms with Crippen LogP contribution in [-0.4, -0.2) is 20.4 Å². The van der Waals surface area contributed by atoms with Crippen LogP contribution in [0.5, 0.6) is 0 Å². The van der Waals surface area contributed by atoms with Gasteiger partial charge >= 0.3 is 5.69 Å². The van der Waals surface area contributed by atoms with Crippen molar-refractivity contribution in [3.8, 4) is 10.6 Å². The summed E-state index contributed by atoms with van der Waals surface area (Å²) in [6.07, 6.45) is 0. The largest absolute Gasteiger partial charge is 0.349 e. The van der Waals surface area contributed by atoms with E-state index in [1.165, 1.54) is 27.2 Å². The Labute approximate surface area is 169 Å². The van der Waals surface area contributed by atoms with Gasteiger partial charge in [0.25, 0.3) is 0 Å². The molecular weight excluding hydrogens is 392 g/mol. The van der Waals surface area contributed by atoms with E-state index < -0.39 is 5.69 Å². The minimum atomic E-state index is -0.449. The van der Waals surface area contributed by atoms with E-state index in [1.54, 1.807) is 0 Å². The fraction of sp³-hybridized carbons (Fsp3) is 0.200. The van der Waals surface area contributed by atoms with Crippen molar-refractivity contribution < 1.29 is 4.79 Å². The number of fused-ring (bicyclic) bond motifs is 1. The highest BCUT2D eigenvalue weighted by Gasteiger charge is 2.18. The lowest BCUT2D eigenvalue weighted by molar-refractivity contribution is -0.116. The first-order chi connectivity index (χ1) is 13.4. The average molecular weight is 411 g/mol. The zero-order chi connectivity index (χ0) is 19.8. The first-order valence-electron chi connectivity index (χ1n) is 8.71. The van der Waals surface area contributed by atoms with Crippen LogP contribution in [0.1, 0.15) is 16.1 Å². The highest BCUT2D eigenvalue weighted by atomic mass is 32.1. The number of benzene rings is 1. The van der Waals surface area contributed by atoms with E-state index in [2.05, 4.69) is 15.3 Å². The van der Waals surface area contributed by atoms with Crippen LogP contribution in [0.3, 0.4) is 0 Å². The maximum absolute atomic E-state index is 12.7. The van der Waals surface area contributed by atoms with Gasteiger partial charge in [-0.1, -0.05) is 23.8 Å². The van der Waals surface area contributed by atoms with Crippen molar-refractivity contribution in [3.05, 3.63) is 62.3 Å². The van der Waals surface area contributed by atoms with Crippen LogP contribution < -0.4 is 11.0 Å². The first kappa shape index (κ1) is 18.5. The maximum atomic E-state index is 12.7. The monoisotopic (exact) mass is 410 g/mol. The molecule has 4 aromatic rings. The van der Waals surface area contributed by atoms with E-state index in [9.17, 15) is 9.59 Å². The van der Waals surface area contributed by atoms with E-state index in [1.807, 2.05) is 56.5 Å². The van der Waals surface area contributed by atoms with Gasteiger partial charge in [-0.25, -0.2) is 9.78 Å². The van der Waals surface area contributed by atoms with E-state index in [0.29, 0.717) is 16.0 Å². The Kier molecular flexibility index (Phi) is 4.82. The topological polar surface area (TPSA) is 76.9 Å². The Balaban J connectivity index is 1.71. The van der Waals surface area contributed by atoms with Gasteiger partial charge in [-0.15, -0.1) is 22.7 Å². The second-order valence-corrected chi connectivity index (χ2v) is 8.69. The Hall–Kier alpha value is -2.84. The fourth-order valence-electron chi connectivity index (χ4n) is 3.06. The summed E-state index contributed by atoms with van der Waals surface area (Å²) < 4.78 is 1.40. The predicted octanol–water partition coefficient (Wildman–Crippen LogP) is 4.15. The summed E-state index contributed by atoms with van der Waals surface area (Å²) in [6.45, 7) is 5.72. The maximum Gasteiger partial charge on any atom is 0.349 e. The number of anilines is 1. The molecule has 142 valence electrons. The summed E-state index contributed by atoms with van der Waals surface area (Å²) >= 11 is 2.90. The van der Waals surface area contributed by atoms with Crippen LogP contribution in [-0.2, 0) is 11.3 Å². The van der Waals surface area contributed by atoms with Gasteiger partial charge in [0, 0.05) is 5.69 Å². The number of nitrogens with one attached hydrogen (secondary N) is 1. The van der Waals surface area contributed by atoms with Crippen molar-refractivity contribution >= 4 is 44.6 Å². The van der Waals surface area contributed by atoms with Crippen LogP contribution in [0.4, 0.5) is 5.69 Å². The van der Waals surface area contributed by atoms with Gasteiger partial charge in [-0.2, -0.15) is 4.98 Å². The molecule has 1 N–H and O–H groups in total. The second kappa shape index (κ2) is 7.29. The molecule has 0 aliphatic rings. The SMILES string of the molecule is Cc1ccc(NC(=O)Cn2c(=O)nc(-c3cccs3)c3nc(C)sc32)c(C)c1. The van der Waals surface area contributed by atoms with Crippen molar-refractivity contribution in [2.45, 2.75) is 27.3 Å². The Bertz CT molecular complexity index is 1240. The van der Waals surface area contributed by atoms with Gasteiger partial charge in [-0.05, 0) is 43.8 Å². The van der Waals surface area contributed by atoms with Crippen LogP contribution in [0.2, 0.25) is 0 Å². The molecule has 0 unspecified atom stereocenters. The van der Waals surface area contributed by atoms with Gasteiger partial charge in [-0.3, -0.25) is 9.36 Å². The van der Waals surface area contributed by atoms with Gasteiger partial charge in [0.2, 0.25) is 5.91 Å². The molecule has 8 heteroatoms. The molecule has 3 heterocycles. The average Bonchev–Trinajstić information content (AvgIpc) is 3.29. The molecule has 4 rings (SSSR count). The summed E-state index contributed by atoms with van der Waals surface area (Å²) in [7, 11) is 0. The van der Waals surface area contributed by atoms with Crippen molar-refractivity contribution in [2.24, 2.45) is 0 Å². The third kappa shape index (κ3) is 3.48. The number of rotatable bonds is 4. The number of nitrogens with zero attached hydrogens (tertiary/aromatic N) is 3. The third-order valence-corrected chi connectivity index (χ3v) is 6.21. The Morgan fingerprint density at radius 3 is 2.71 bits per heavy atom. The van der Waals surface area contributed by atoms with E-state index >= 15 is 0 Å². The number of hydrogen-bond acceptors (Lipinski definition) is 6. The molecule has 0 radical (unpaired) electrons. The third-order valence-electron chi connectivity index (χ3n) is 4.34. The molecule has 0 bridgehead atoms. The fourth-order valence-corrected chi connectivity index (χ4v) is 4.68. The summed E-state index contributed by atoms with van der Waals surface area (Å²) in [5.41, 5.74) is 3.63. The molecule has 1 amide bonds. The van der Waals surface area contributed by atoms with Gasteiger partial charge < -0.3 is 5.32 Å². The number of thiazole rings is 1. The summed E-state index contributed by atoms with van der Waals surface area (Å²) in [4.78, 5) is 35.7. The zero-order valence-corrected chi connectivity index (χ0v) is 17.3. The molecule has 3 aromatic heterocycles. The molecule has 0 spiro atoms. The predicted molar refractivity (Wildman–Crippen MR) is 114 cm³/mol. The van der Waals surface area contributed by atoms with Crippen molar-refractivity contribution in [1.82, 2.24) is 14.5 Å². The highest BCUT2D eigenvalue weighted by molar-refractivity contribution is 7.18. The number of amides is 1. The minimum absolute atomic E-state index is 0.109. The van der Waals surface area contributed by atoms with Crippen LogP contribution in [0.15, 0.2) is 40.5 Å². The lowest BCUT2D eigenvalue weighted by Crippen LogP contribution is -2.29. The molecule has 0 saturated heterocycles. The summed E-state index contributed by atoms with van der Waals surface area (Å²) in [5.74, 6) is -0.271. The first-order valence-corrected chi connectivity index (χ1v) is 10.4. The minimum Gasteiger partial charge on any atom is -0.324 e. The molecule has 0 aliphatic carbocycles. The standard InChI is InChI=1S/C20H18N4O2S2/c1-11-6-7-14(12(2)9-11)22-16(25)10-24-19-18(21-13(3)28-19)17(23-20(24)26)15-5-4-8-27-15/h4-9H,10H2,1-3H3,(H,22,25). The van der Waals surface area contributed by atoms with E-state index in [0.717, 1.165) is 26.7 Å². The smallest absolute Gasteiger partial charge is 0.324 e. The van der Waals surface area contributed by atoms with Crippen LogP contribution in [0, 0.1) is 20.8 Å². The van der Waals surface area contributed by atoms with E-state index in [4.69, 9.17) is 0 Å². The molecule has 0 saturated carbocycles. The molecule has 0 fully saturated rings. The summed E-state index contributed by atoms with van der Waals surface area (Å²) in [6, 6.07) is 9.64. The molecule has 0 aliphatic heterocycles. The van der Waals surface area contributed by atoms with Crippen LogP contribution in [0.25, 0.3) is 20.9 Å². The van der Waals surface area contributed by atoms with Crippen molar-refractivity contribution in [2.75, 3.05) is 5.32 Å². The number of aromatic nitrogens is 3. The number of aryl methyl sites for hydroxylation is 3. The van der Waals surface area contributed by atoms with Crippen molar-refractivity contribution in [1.29, 1.82) is 0 Å². The van der Waals surface area contributed by atoms with Gasteiger partial charge in [0.1, 0.15) is 22.6 Å². The lowest BCUT2D eigenvalue weighted by Gasteiger charge is -2.11. The molecule has 0 atom stereocenters. The highest BCUT2D eigenvalue weighted by Crippen LogP contribution is 2.31. The molecule has 6 nitrogen and oxygen atoms in total. The number of carbonyl (C=O) groups excluding carboxylic acids is 1. The normalized spacial score (nSPS) is 11.1. The number of carbonyl (C=O) groups is 1. The number of thiophene rings is 1.